The molecule has 0 aliphatic rings. The van der Waals surface area contributed by atoms with Gasteiger partial charge in [-0.1, -0.05) is 48.5 Å². The molecule has 2 atom stereocenters. The highest BCUT2D eigenvalue weighted by Gasteiger charge is 2.32. The van der Waals surface area contributed by atoms with Crippen molar-refractivity contribution in [3.63, 3.8) is 0 Å². The van der Waals surface area contributed by atoms with Crippen molar-refractivity contribution < 1.29 is 18.6 Å². The first kappa shape index (κ1) is 21.7. The van der Waals surface area contributed by atoms with Crippen molar-refractivity contribution in [1.29, 1.82) is 0 Å². The van der Waals surface area contributed by atoms with Crippen LogP contribution < -0.4 is 0 Å². The second-order valence-electron chi connectivity index (χ2n) is 6.14. The van der Waals surface area contributed by atoms with Gasteiger partial charge in [-0.25, -0.2) is 0 Å². The summed E-state index contributed by atoms with van der Waals surface area (Å²) >= 11 is 1.50. The Kier molecular flexibility index (Phi) is 9.12. The first-order chi connectivity index (χ1) is 13.1. The molecule has 0 heterocycles. The fourth-order valence-electron chi connectivity index (χ4n) is 2.78. The average Bonchev–Trinajstić information content (AvgIpc) is 2.68. The van der Waals surface area contributed by atoms with E-state index in [0.717, 1.165) is 10.5 Å². The number of rotatable bonds is 11. The van der Waals surface area contributed by atoms with Gasteiger partial charge in [0.2, 0.25) is 7.37 Å². The van der Waals surface area contributed by atoms with Crippen LogP contribution in [-0.4, -0.2) is 30.8 Å². The van der Waals surface area contributed by atoms with Crippen molar-refractivity contribution in [3.05, 3.63) is 66.2 Å². The number of thioether (sulfide) groups is 1. The molecule has 0 aliphatic heterocycles. The number of esters is 1. The van der Waals surface area contributed by atoms with Crippen LogP contribution in [0.25, 0.3) is 0 Å². The molecular weight excluding hydrogens is 379 g/mol. The number of ether oxygens (including phenoxy) is 1. The molecule has 0 aromatic heterocycles. The average molecular weight is 406 g/mol. The second kappa shape index (κ2) is 11.3. The highest BCUT2D eigenvalue weighted by Crippen LogP contribution is 2.52. The predicted octanol–water partition coefficient (Wildman–Crippen LogP) is 5.47. The van der Waals surface area contributed by atoms with E-state index in [2.05, 4.69) is 0 Å². The van der Waals surface area contributed by atoms with Crippen LogP contribution in [0.4, 0.5) is 0 Å². The summed E-state index contributed by atoms with van der Waals surface area (Å²) in [4.78, 5) is 13.5. The summed E-state index contributed by atoms with van der Waals surface area (Å²) in [7, 11) is -2.99. The van der Waals surface area contributed by atoms with E-state index in [-0.39, 0.29) is 12.1 Å². The zero-order chi connectivity index (χ0) is 19.5. The SMILES string of the molecule is CCOC(=O)C(Cc1ccccc1)CP(=O)(CSc1ccccc1)OCC. The van der Waals surface area contributed by atoms with Crippen molar-refractivity contribution in [2.45, 2.75) is 25.2 Å². The Hall–Kier alpha value is -1.55. The van der Waals surface area contributed by atoms with Crippen molar-refractivity contribution in [1.82, 2.24) is 0 Å². The van der Waals surface area contributed by atoms with E-state index < -0.39 is 13.3 Å². The molecule has 2 unspecified atom stereocenters. The molecule has 0 aliphatic carbocycles. The number of carbonyl (C=O) groups excluding carboxylic acids is 1. The molecule has 0 spiro atoms. The zero-order valence-electron chi connectivity index (χ0n) is 15.9. The molecule has 4 nitrogen and oxygen atoms in total. The molecular formula is C21H27O4PS. The smallest absolute Gasteiger partial charge is 0.309 e. The van der Waals surface area contributed by atoms with E-state index in [1.807, 2.05) is 67.6 Å². The second-order valence-corrected chi connectivity index (χ2v) is 10.2. The summed E-state index contributed by atoms with van der Waals surface area (Å²) in [5, 5.41) is 0. The maximum Gasteiger partial charge on any atom is 0.309 e. The molecule has 0 saturated carbocycles. The quantitative estimate of drug-likeness (QED) is 0.281. The Morgan fingerprint density at radius 1 is 1.00 bits per heavy atom. The first-order valence-corrected chi connectivity index (χ1v) is 12.2. The molecule has 0 N–H and O–H groups in total. The molecule has 146 valence electrons. The van der Waals surface area contributed by atoms with Crippen LogP contribution in [-0.2, 0) is 25.0 Å². The minimum atomic E-state index is -2.99. The molecule has 2 aromatic rings. The van der Waals surface area contributed by atoms with Crippen LogP contribution in [0.1, 0.15) is 19.4 Å². The largest absolute Gasteiger partial charge is 0.466 e. The van der Waals surface area contributed by atoms with Gasteiger partial charge in [0.05, 0.1) is 24.6 Å². The van der Waals surface area contributed by atoms with Gasteiger partial charge in [-0.15, -0.1) is 11.8 Å². The Bertz CT molecular complexity index is 736. The topological polar surface area (TPSA) is 52.6 Å². The molecule has 27 heavy (non-hydrogen) atoms. The third-order valence-electron chi connectivity index (χ3n) is 3.98. The standard InChI is InChI=1S/C21H27O4PS/c1-3-24-21(22)19(15-18-11-7-5-8-12-18)16-26(23,25-4-2)17-27-20-13-9-6-10-14-20/h5-14,19H,3-4,15-17H2,1-2H3. The number of benzene rings is 2. The highest BCUT2D eigenvalue weighted by atomic mass is 32.2. The van der Waals surface area contributed by atoms with Crippen LogP contribution in [0.2, 0.25) is 0 Å². The van der Waals surface area contributed by atoms with Gasteiger partial charge in [0.1, 0.15) is 0 Å². The maximum absolute atomic E-state index is 13.4. The molecule has 2 rings (SSSR count). The van der Waals surface area contributed by atoms with Crippen LogP contribution >= 0.6 is 19.1 Å². The van der Waals surface area contributed by atoms with Gasteiger partial charge in [0.25, 0.3) is 0 Å². The lowest BCUT2D eigenvalue weighted by molar-refractivity contribution is -0.147. The summed E-state index contributed by atoms with van der Waals surface area (Å²) in [6.07, 6.45) is 0.682. The van der Waals surface area contributed by atoms with Crippen molar-refractivity contribution in [2.75, 3.05) is 24.9 Å². The molecule has 0 fully saturated rings. The minimum Gasteiger partial charge on any atom is -0.466 e. The van der Waals surface area contributed by atoms with Crippen LogP contribution in [0.15, 0.2) is 65.6 Å². The van der Waals surface area contributed by atoms with E-state index in [9.17, 15) is 9.36 Å². The van der Waals surface area contributed by atoms with Crippen LogP contribution in [0, 0.1) is 5.92 Å². The first-order valence-electron chi connectivity index (χ1n) is 9.17. The molecule has 6 heteroatoms. The third-order valence-corrected chi connectivity index (χ3v) is 8.40. The zero-order valence-corrected chi connectivity index (χ0v) is 17.6. The summed E-state index contributed by atoms with van der Waals surface area (Å²) in [5.41, 5.74) is 1.37. The fraction of sp³-hybridized carbons (Fsp3) is 0.381. The van der Waals surface area contributed by atoms with Gasteiger partial charge in [-0.3, -0.25) is 9.36 Å². The Morgan fingerprint density at radius 2 is 1.63 bits per heavy atom. The van der Waals surface area contributed by atoms with Gasteiger partial charge >= 0.3 is 5.97 Å². The summed E-state index contributed by atoms with van der Waals surface area (Å²) in [6, 6.07) is 19.5. The lowest BCUT2D eigenvalue weighted by Gasteiger charge is -2.23. The minimum absolute atomic E-state index is 0.189. The number of hydrogen-bond donors (Lipinski definition) is 0. The molecule has 0 radical (unpaired) electrons. The summed E-state index contributed by atoms with van der Waals surface area (Å²) < 4.78 is 24.4. The Labute approximate surface area is 166 Å². The monoisotopic (exact) mass is 406 g/mol. The normalized spacial score (nSPS) is 14.3. The molecule has 2 aromatic carbocycles. The molecule has 0 amide bonds. The summed E-state index contributed by atoms with van der Waals surface area (Å²) in [6.45, 7) is 4.27. The molecule has 0 saturated heterocycles. The highest BCUT2D eigenvalue weighted by molar-refractivity contribution is 8.05. The fourth-order valence-corrected chi connectivity index (χ4v) is 6.76. The summed E-state index contributed by atoms with van der Waals surface area (Å²) in [5.74, 6) is -0.799. The lowest BCUT2D eigenvalue weighted by atomic mass is 10.0. The Morgan fingerprint density at radius 3 is 2.22 bits per heavy atom. The van der Waals surface area contributed by atoms with Crippen molar-refractivity contribution in [2.24, 2.45) is 5.92 Å². The Balaban J connectivity index is 2.13. The van der Waals surface area contributed by atoms with Gasteiger partial charge in [0, 0.05) is 11.1 Å². The number of hydrogen-bond acceptors (Lipinski definition) is 5. The number of carbonyl (C=O) groups is 1. The van der Waals surface area contributed by atoms with E-state index in [0.29, 0.717) is 25.1 Å². The van der Waals surface area contributed by atoms with E-state index in [1.54, 1.807) is 6.92 Å². The predicted molar refractivity (Wildman–Crippen MR) is 112 cm³/mol. The maximum atomic E-state index is 13.4. The van der Waals surface area contributed by atoms with Gasteiger partial charge < -0.3 is 9.26 Å². The van der Waals surface area contributed by atoms with E-state index in [4.69, 9.17) is 9.26 Å². The van der Waals surface area contributed by atoms with Gasteiger partial charge in [-0.2, -0.15) is 0 Å². The van der Waals surface area contributed by atoms with Gasteiger partial charge in [-0.05, 0) is 38.0 Å². The van der Waals surface area contributed by atoms with E-state index >= 15 is 0 Å². The van der Waals surface area contributed by atoms with E-state index in [1.165, 1.54) is 11.8 Å². The molecule has 0 bridgehead atoms. The van der Waals surface area contributed by atoms with Crippen LogP contribution in [0.3, 0.4) is 0 Å². The third kappa shape index (κ3) is 7.53. The van der Waals surface area contributed by atoms with Crippen LogP contribution in [0.5, 0.6) is 0 Å². The lowest BCUT2D eigenvalue weighted by Crippen LogP contribution is -2.24. The van der Waals surface area contributed by atoms with Crippen molar-refractivity contribution >= 4 is 25.1 Å². The van der Waals surface area contributed by atoms with Gasteiger partial charge in [0.15, 0.2) is 0 Å². The van der Waals surface area contributed by atoms with Crippen molar-refractivity contribution in [3.8, 4) is 0 Å².